The van der Waals surface area contributed by atoms with Crippen LogP contribution in [0.1, 0.15) is 18.9 Å². The van der Waals surface area contributed by atoms with Crippen molar-refractivity contribution < 1.29 is 14.6 Å². The topological polar surface area (TPSA) is 50.7 Å². The van der Waals surface area contributed by atoms with Crippen LogP contribution in [0.5, 0.6) is 11.5 Å². The molecule has 0 radical (unpaired) electrons. The third-order valence-corrected chi connectivity index (χ3v) is 3.49. The number of nitrogens with one attached hydrogen (secondary N) is 1. The summed E-state index contributed by atoms with van der Waals surface area (Å²) in [5, 5.41) is 12.4. The Morgan fingerprint density at radius 1 is 1.50 bits per heavy atom. The summed E-state index contributed by atoms with van der Waals surface area (Å²) in [5.74, 6) is 3.65. The summed E-state index contributed by atoms with van der Waals surface area (Å²) in [5.41, 5.74) is 1.04. The molecule has 0 aliphatic carbocycles. The van der Waals surface area contributed by atoms with E-state index in [1.165, 1.54) is 0 Å². The van der Waals surface area contributed by atoms with Crippen LogP contribution >= 0.6 is 15.9 Å². The Balaban J connectivity index is 2.84. The molecule has 2 N–H and O–H groups in total. The van der Waals surface area contributed by atoms with E-state index < -0.39 is 0 Å². The van der Waals surface area contributed by atoms with Crippen LogP contribution in [-0.4, -0.2) is 31.5 Å². The lowest BCUT2D eigenvalue weighted by atomic mass is 10.1. The minimum atomic E-state index is 0.0946. The van der Waals surface area contributed by atoms with Crippen LogP contribution in [0.2, 0.25) is 0 Å². The molecule has 0 amide bonds. The summed E-state index contributed by atoms with van der Waals surface area (Å²) < 4.78 is 11.6. The van der Waals surface area contributed by atoms with Crippen LogP contribution in [0.4, 0.5) is 0 Å². The lowest BCUT2D eigenvalue weighted by Crippen LogP contribution is -2.31. The molecule has 110 valence electrons. The Labute approximate surface area is 128 Å². The highest BCUT2D eigenvalue weighted by molar-refractivity contribution is 9.10. The minimum Gasteiger partial charge on any atom is -0.493 e. The van der Waals surface area contributed by atoms with Crippen LogP contribution < -0.4 is 14.8 Å². The molecule has 4 nitrogen and oxygen atoms in total. The van der Waals surface area contributed by atoms with Crippen LogP contribution in [0.15, 0.2) is 16.6 Å². The molecule has 0 fully saturated rings. The van der Waals surface area contributed by atoms with Crippen LogP contribution in [0.3, 0.4) is 0 Å². The second kappa shape index (κ2) is 8.85. The molecule has 0 aliphatic heterocycles. The van der Waals surface area contributed by atoms with Gasteiger partial charge >= 0.3 is 0 Å². The molecular formula is C15H20BrNO3. The van der Waals surface area contributed by atoms with Gasteiger partial charge in [0.05, 0.1) is 18.2 Å². The lowest BCUT2D eigenvalue weighted by Gasteiger charge is -2.16. The summed E-state index contributed by atoms with van der Waals surface area (Å²) in [6.07, 6.45) is 6.07. The molecule has 1 rings (SSSR count). The van der Waals surface area contributed by atoms with Crippen molar-refractivity contribution in [2.24, 2.45) is 0 Å². The van der Waals surface area contributed by atoms with Gasteiger partial charge in [-0.05, 0) is 40.0 Å². The van der Waals surface area contributed by atoms with Crippen molar-refractivity contribution in [1.82, 2.24) is 5.32 Å². The Bertz CT molecular complexity index is 467. The maximum Gasteiger partial charge on any atom is 0.176 e. The van der Waals surface area contributed by atoms with Crippen LogP contribution in [-0.2, 0) is 6.54 Å². The molecule has 1 atom stereocenters. The number of aliphatic hydroxyl groups is 1. The zero-order valence-corrected chi connectivity index (χ0v) is 13.4. The third-order valence-electron chi connectivity index (χ3n) is 2.90. The van der Waals surface area contributed by atoms with Crippen molar-refractivity contribution in [2.75, 3.05) is 20.3 Å². The normalized spacial score (nSPS) is 11.8. The Morgan fingerprint density at radius 2 is 2.25 bits per heavy atom. The van der Waals surface area contributed by atoms with Gasteiger partial charge in [0.25, 0.3) is 0 Å². The second-order valence-electron chi connectivity index (χ2n) is 4.27. The number of rotatable bonds is 8. The maximum absolute atomic E-state index is 9.17. The first-order chi connectivity index (χ1) is 9.65. The van der Waals surface area contributed by atoms with Crippen molar-refractivity contribution >= 4 is 15.9 Å². The molecule has 0 saturated heterocycles. The van der Waals surface area contributed by atoms with E-state index in [-0.39, 0.29) is 19.3 Å². The number of methoxy groups -OCH3 is 1. The van der Waals surface area contributed by atoms with Gasteiger partial charge in [-0.2, -0.15) is 0 Å². The number of benzene rings is 1. The van der Waals surface area contributed by atoms with E-state index in [1.54, 1.807) is 7.11 Å². The van der Waals surface area contributed by atoms with Gasteiger partial charge in [-0.1, -0.05) is 12.8 Å². The zero-order valence-electron chi connectivity index (χ0n) is 11.8. The molecule has 0 bridgehead atoms. The molecule has 0 aromatic heterocycles. The first-order valence-electron chi connectivity index (χ1n) is 6.43. The summed E-state index contributed by atoms with van der Waals surface area (Å²) in [6, 6.07) is 3.94. The molecule has 5 heteroatoms. The SMILES string of the molecule is C#CCOc1c(Br)cc(CNC(CC)CO)cc1OC. The van der Waals surface area contributed by atoms with Gasteiger partial charge in [-0.3, -0.25) is 0 Å². The molecule has 1 aromatic rings. The van der Waals surface area contributed by atoms with Gasteiger partial charge in [-0.15, -0.1) is 6.42 Å². The van der Waals surface area contributed by atoms with E-state index >= 15 is 0 Å². The predicted octanol–water partition coefficient (Wildman–Crippen LogP) is 2.33. The minimum absolute atomic E-state index is 0.0946. The molecule has 1 aromatic carbocycles. The lowest BCUT2D eigenvalue weighted by molar-refractivity contribution is 0.238. The molecule has 0 aliphatic rings. The van der Waals surface area contributed by atoms with Crippen LogP contribution in [0.25, 0.3) is 0 Å². The number of hydrogen-bond donors (Lipinski definition) is 2. The second-order valence-corrected chi connectivity index (χ2v) is 5.12. The smallest absolute Gasteiger partial charge is 0.176 e. The fourth-order valence-corrected chi connectivity index (χ4v) is 2.33. The summed E-state index contributed by atoms with van der Waals surface area (Å²) >= 11 is 3.46. The zero-order chi connectivity index (χ0) is 15.0. The summed E-state index contributed by atoms with van der Waals surface area (Å²) in [4.78, 5) is 0. The van der Waals surface area contributed by atoms with E-state index in [2.05, 4.69) is 27.2 Å². The maximum atomic E-state index is 9.17. The highest BCUT2D eigenvalue weighted by Gasteiger charge is 2.12. The van der Waals surface area contributed by atoms with Gasteiger partial charge in [0, 0.05) is 12.6 Å². The number of halogens is 1. The van der Waals surface area contributed by atoms with Crippen molar-refractivity contribution in [3.05, 3.63) is 22.2 Å². The first-order valence-corrected chi connectivity index (χ1v) is 7.22. The quantitative estimate of drug-likeness (QED) is 0.712. The molecular weight excluding hydrogens is 322 g/mol. The first kappa shape index (κ1) is 16.8. The third kappa shape index (κ3) is 4.71. The largest absolute Gasteiger partial charge is 0.493 e. The highest BCUT2D eigenvalue weighted by atomic mass is 79.9. The number of terminal acetylenes is 1. The van der Waals surface area contributed by atoms with E-state index in [1.807, 2.05) is 19.1 Å². The number of ether oxygens (including phenoxy) is 2. The van der Waals surface area contributed by atoms with Gasteiger partial charge in [0.1, 0.15) is 6.61 Å². The Morgan fingerprint density at radius 3 is 2.80 bits per heavy atom. The molecule has 1 unspecified atom stereocenters. The fourth-order valence-electron chi connectivity index (χ4n) is 1.73. The van der Waals surface area contributed by atoms with Crippen LogP contribution in [0, 0.1) is 12.3 Å². The van der Waals surface area contributed by atoms with E-state index in [9.17, 15) is 0 Å². The van der Waals surface area contributed by atoms with Gasteiger partial charge in [0.15, 0.2) is 11.5 Å². The average Bonchev–Trinajstić information content (AvgIpc) is 2.46. The number of hydrogen-bond acceptors (Lipinski definition) is 4. The molecule has 20 heavy (non-hydrogen) atoms. The summed E-state index contributed by atoms with van der Waals surface area (Å²) in [6.45, 7) is 2.98. The van der Waals surface area contributed by atoms with E-state index in [4.69, 9.17) is 21.0 Å². The van der Waals surface area contributed by atoms with Crippen molar-refractivity contribution in [1.29, 1.82) is 0 Å². The predicted molar refractivity (Wildman–Crippen MR) is 83.0 cm³/mol. The standard InChI is InChI=1S/C15H20BrNO3/c1-4-6-20-15-13(16)7-11(8-14(15)19-3)9-17-12(5-2)10-18/h1,7-8,12,17-18H,5-6,9-10H2,2-3H3. The Kier molecular flexibility index (Phi) is 7.45. The molecule has 0 heterocycles. The van der Waals surface area contributed by atoms with Gasteiger partial charge in [-0.25, -0.2) is 0 Å². The van der Waals surface area contributed by atoms with E-state index in [0.29, 0.717) is 18.0 Å². The average molecular weight is 342 g/mol. The molecule has 0 saturated carbocycles. The molecule has 0 spiro atoms. The van der Waals surface area contributed by atoms with Gasteiger partial charge in [0.2, 0.25) is 0 Å². The van der Waals surface area contributed by atoms with E-state index in [0.717, 1.165) is 16.5 Å². The number of aliphatic hydroxyl groups excluding tert-OH is 1. The van der Waals surface area contributed by atoms with Crippen molar-refractivity contribution in [3.63, 3.8) is 0 Å². The van der Waals surface area contributed by atoms with Crippen molar-refractivity contribution in [2.45, 2.75) is 25.9 Å². The monoisotopic (exact) mass is 341 g/mol. The Hall–Kier alpha value is -1.22. The van der Waals surface area contributed by atoms with Gasteiger partial charge < -0.3 is 19.9 Å². The highest BCUT2D eigenvalue weighted by Crippen LogP contribution is 2.36. The fraction of sp³-hybridized carbons (Fsp3) is 0.467. The summed E-state index contributed by atoms with van der Waals surface area (Å²) in [7, 11) is 1.59. The van der Waals surface area contributed by atoms with Crippen molar-refractivity contribution in [3.8, 4) is 23.8 Å².